The fourth-order valence-electron chi connectivity index (χ4n) is 4.04. The van der Waals surface area contributed by atoms with Crippen LogP contribution in [0.25, 0.3) is 0 Å². The van der Waals surface area contributed by atoms with Gasteiger partial charge in [0.05, 0.1) is 27.6 Å². The second-order valence-corrected chi connectivity index (χ2v) is 9.59. The molecule has 4 nitrogen and oxygen atoms in total. The van der Waals surface area contributed by atoms with E-state index in [1.807, 2.05) is 21.1 Å². The molecule has 0 saturated carbocycles. The summed E-state index contributed by atoms with van der Waals surface area (Å²) in [6.07, 6.45) is 18.7. The lowest BCUT2D eigenvalue weighted by molar-refractivity contribution is -0.877. The predicted octanol–water partition coefficient (Wildman–Crippen LogP) is 5.77. The van der Waals surface area contributed by atoms with Gasteiger partial charge in [0.15, 0.2) is 0 Å². The van der Waals surface area contributed by atoms with E-state index in [0.29, 0.717) is 17.4 Å². The van der Waals surface area contributed by atoms with Gasteiger partial charge in [0.2, 0.25) is 0 Å². The van der Waals surface area contributed by atoms with Crippen molar-refractivity contribution >= 4 is 5.97 Å². The summed E-state index contributed by atoms with van der Waals surface area (Å²) in [6.45, 7) is 2.75. The third-order valence-electron chi connectivity index (χ3n) is 5.24. The van der Waals surface area contributed by atoms with Crippen LogP contribution in [0.5, 0.6) is 0 Å². The molecule has 0 heterocycles. The number of hydrogen-bond donors (Lipinski definition) is 2. The van der Waals surface area contributed by atoms with Crippen LogP contribution in [0, 0.1) is 0 Å². The maximum Gasteiger partial charge on any atom is 0.306 e. The fourth-order valence-corrected chi connectivity index (χ4v) is 4.04. The standard InChI is InChI=1S/C23H47NO3/c1-5-6-7-8-9-10-11-12-13-14-15-16-17-18-19-23(27,20-22(25)26)21-24(2,3)4/h27H,5-21H2,1-4H3/p+1. The quantitative estimate of drug-likeness (QED) is 0.219. The first-order valence-electron chi connectivity index (χ1n) is 11.4. The van der Waals surface area contributed by atoms with E-state index in [4.69, 9.17) is 5.11 Å². The molecule has 0 rings (SSSR count). The lowest BCUT2D eigenvalue weighted by atomic mass is 9.91. The SMILES string of the molecule is CCCCCCCCCCCCCCCCC(O)(CC(=O)O)C[N+](C)(C)C. The lowest BCUT2D eigenvalue weighted by Gasteiger charge is -2.34. The minimum absolute atomic E-state index is 0.152. The summed E-state index contributed by atoms with van der Waals surface area (Å²) in [7, 11) is 5.99. The van der Waals surface area contributed by atoms with Gasteiger partial charge in [-0.15, -0.1) is 0 Å². The number of carbonyl (C=O) groups is 1. The molecule has 0 aliphatic heterocycles. The van der Waals surface area contributed by atoms with Crippen molar-refractivity contribution in [2.75, 3.05) is 27.7 Å². The first-order valence-corrected chi connectivity index (χ1v) is 11.4. The van der Waals surface area contributed by atoms with E-state index in [1.54, 1.807) is 0 Å². The zero-order chi connectivity index (χ0) is 20.6. The van der Waals surface area contributed by atoms with Crippen LogP contribution >= 0.6 is 0 Å². The minimum Gasteiger partial charge on any atom is -0.481 e. The smallest absolute Gasteiger partial charge is 0.306 e. The van der Waals surface area contributed by atoms with E-state index in [9.17, 15) is 9.90 Å². The molecule has 0 aromatic carbocycles. The molecule has 0 bridgehead atoms. The first-order chi connectivity index (χ1) is 12.7. The molecule has 2 N–H and O–H groups in total. The Morgan fingerprint density at radius 2 is 1.11 bits per heavy atom. The average molecular weight is 387 g/mol. The first kappa shape index (κ1) is 26.4. The van der Waals surface area contributed by atoms with E-state index in [-0.39, 0.29) is 6.42 Å². The maximum atomic E-state index is 11.1. The van der Waals surface area contributed by atoms with Crippen LogP contribution in [0.1, 0.15) is 110 Å². The number of carboxylic acids is 1. The molecule has 0 spiro atoms. The summed E-state index contributed by atoms with van der Waals surface area (Å²) >= 11 is 0. The van der Waals surface area contributed by atoms with Crippen molar-refractivity contribution < 1.29 is 19.5 Å². The Bertz CT molecular complexity index is 365. The van der Waals surface area contributed by atoms with Crippen molar-refractivity contribution in [1.29, 1.82) is 0 Å². The number of nitrogens with zero attached hydrogens (tertiary/aromatic N) is 1. The summed E-state index contributed by atoms with van der Waals surface area (Å²) in [6, 6.07) is 0. The molecule has 0 saturated heterocycles. The second kappa shape index (κ2) is 15.3. The van der Waals surface area contributed by atoms with Crippen LogP contribution in [0.4, 0.5) is 0 Å². The second-order valence-electron chi connectivity index (χ2n) is 9.59. The van der Waals surface area contributed by atoms with Gasteiger partial charge in [-0.2, -0.15) is 0 Å². The Kier molecular flexibility index (Phi) is 15.0. The van der Waals surface area contributed by atoms with Crippen molar-refractivity contribution in [3.8, 4) is 0 Å². The highest BCUT2D eigenvalue weighted by Crippen LogP contribution is 2.23. The number of quaternary nitrogens is 1. The Hall–Kier alpha value is -0.610. The molecule has 0 aromatic rings. The molecule has 27 heavy (non-hydrogen) atoms. The molecule has 0 aliphatic rings. The number of carboxylic acid groups (broad SMARTS) is 1. The van der Waals surface area contributed by atoms with Gasteiger partial charge < -0.3 is 14.7 Å². The Morgan fingerprint density at radius 3 is 1.44 bits per heavy atom. The van der Waals surface area contributed by atoms with E-state index in [0.717, 1.165) is 12.8 Å². The van der Waals surface area contributed by atoms with Gasteiger partial charge in [0.1, 0.15) is 12.1 Å². The molecule has 0 radical (unpaired) electrons. The normalized spacial score (nSPS) is 14.3. The molecule has 162 valence electrons. The van der Waals surface area contributed by atoms with Crippen molar-refractivity contribution in [2.45, 2.75) is 115 Å². The topological polar surface area (TPSA) is 57.5 Å². The van der Waals surface area contributed by atoms with Gasteiger partial charge in [0, 0.05) is 0 Å². The largest absolute Gasteiger partial charge is 0.481 e. The molecule has 0 aliphatic carbocycles. The molecule has 0 amide bonds. The monoisotopic (exact) mass is 386 g/mol. The minimum atomic E-state index is -1.08. The molecule has 0 aromatic heterocycles. The molecular weight excluding hydrogens is 338 g/mol. The summed E-state index contributed by atoms with van der Waals surface area (Å²) in [5, 5.41) is 19.8. The summed E-state index contributed by atoms with van der Waals surface area (Å²) < 4.78 is 0.586. The summed E-state index contributed by atoms with van der Waals surface area (Å²) in [4.78, 5) is 11.1. The van der Waals surface area contributed by atoms with E-state index in [2.05, 4.69) is 6.92 Å². The zero-order valence-electron chi connectivity index (χ0n) is 18.8. The van der Waals surface area contributed by atoms with Crippen LogP contribution in [0.3, 0.4) is 0 Å². The third kappa shape index (κ3) is 18.5. The van der Waals surface area contributed by atoms with Crippen LogP contribution in [-0.2, 0) is 4.79 Å². The van der Waals surface area contributed by atoms with Crippen LogP contribution in [0.2, 0.25) is 0 Å². The highest BCUT2D eigenvalue weighted by Gasteiger charge is 2.35. The van der Waals surface area contributed by atoms with Crippen LogP contribution in [0.15, 0.2) is 0 Å². The number of aliphatic hydroxyl groups is 1. The zero-order valence-corrected chi connectivity index (χ0v) is 18.8. The molecule has 4 heteroatoms. The molecule has 1 atom stereocenters. The predicted molar refractivity (Wildman–Crippen MR) is 115 cm³/mol. The van der Waals surface area contributed by atoms with Gasteiger partial charge in [-0.25, -0.2) is 0 Å². The third-order valence-corrected chi connectivity index (χ3v) is 5.24. The number of rotatable bonds is 19. The van der Waals surface area contributed by atoms with Gasteiger partial charge in [-0.1, -0.05) is 96.8 Å². The van der Waals surface area contributed by atoms with Crippen LogP contribution < -0.4 is 0 Å². The van der Waals surface area contributed by atoms with Gasteiger partial charge >= 0.3 is 5.97 Å². The van der Waals surface area contributed by atoms with E-state index < -0.39 is 11.6 Å². The van der Waals surface area contributed by atoms with E-state index in [1.165, 1.54) is 77.0 Å². The number of likely N-dealkylation sites (N-methyl/N-ethyl adjacent to an activating group) is 1. The highest BCUT2D eigenvalue weighted by molar-refractivity contribution is 5.68. The Balaban J connectivity index is 3.64. The molecule has 0 fully saturated rings. The van der Waals surface area contributed by atoms with E-state index >= 15 is 0 Å². The summed E-state index contributed by atoms with van der Waals surface area (Å²) in [5.41, 5.74) is -1.08. The number of hydrogen-bond acceptors (Lipinski definition) is 2. The van der Waals surface area contributed by atoms with Crippen molar-refractivity contribution in [3.63, 3.8) is 0 Å². The van der Waals surface area contributed by atoms with Gasteiger partial charge in [-0.05, 0) is 6.42 Å². The number of aliphatic carboxylic acids is 1. The lowest BCUT2D eigenvalue weighted by Crippen LogP contribution is -2.50. The maximum absolute atomic E-state index is 11.1. The van der Waals surface area contributed by atoms with Crippen molar-refractivity contribution in [3.05, 3.63) is 0 Å². The van der Waals surface area contributed by atoms with Gasteiger partial charge in [0.25, 0.3) is 0 Å². The molecule has 1 unspecified atom stereocenters. The van der Waals surface area contributed by atoms with Gasteiger partial charge in [-0.3, -0.25) is 4.79 Å². The highest BCUT2D eigenvalue weighted by atomic mass is 16.4. The summed E-state index contributed by atoms with van der Waals surface area (Å²) in [5.74, 6) is -0.906. The van der Waals surface area contributed by atoms with Crippen LogP contribution in [-0.4, -0.2) is 54.0 Å². The van der Waals surface area contributed by atoms with Crippen molar-refractivity contribution in [1.82, 2.24) is 0 Å². The number of unbranched alkanes of at least 4 members (excludes halogenated alkanes) is 13. The van der Waals surface area contributed by atoms with Crippen molar-refractivity contribution in [2.24, 2.45) is 0 Å². The average Bonchev–Trinajstić information content (AvgIpc) is 2.52. The molecular formula is C23H48NO3+. The Morgan fingerprint density at radius 1 is 0.741 bits per heavy atom. The fraction of sp³-hybridized carbons (Fsp3) is 0.957. The Labute approximate surface area is 168 Å².